The minimum Gasteiger partial charge on any atom is -0.493 e. The van der Waals surface area contributed by atoms with Crippen LogP contribution in [0.15, 0.2) is 48.8 Å². The number of ether oxygens (including phenoxy) is 1. The Bertz CT molecular complexity index is 937. The summed E-state index contributed by atoms with van der Waals surface area (Å²) in [5, 5.41) is 11.1. The van der Waals surface area contributed by atoms with E-state index in [1.807, 2.05) is 34.9 Å². The highest BCUT2D eigenvalue weighted by molar-refractivity contribution is 6.05. The first-order valence-corrected chi connectivity index (χ1v) is 8.62. The van der Waals surface area contributed by atoms with Gasteiger partial charge in [-0.15, -0.1) is 10.2 Å². The van der Waals surface area contributed by atoms with E-state index in [2.05, 4.69) is 27.4 Å². The molecule has 1 aliphatic heterocycles. The maximum Gasteiger partial charge on any atom is 0.260 e. The van der Waals surface area contributed by atoms with Gasteiger partial charge in [-0.2, -0.15) is 0 Å². The van der Waals surface area contributed by atoms with E-state index < -0.39 is 0 Å². The van der Waals surface area contributed by atoms with Crippen LogP contribution in [0.1, 0.15) is 36.2 Å². The maximum absolute atomic E-state index is 12.7. The second kappa shape index (κ2) is 6.95. The molecular weight excluding hydrogens is 330 g/mol. The van der Waals surface area contributed by atoms with Crippen molar-refractivity contribution in [2.45, 2.75) is 25.8 Å². The number of benzene rings is 1. The summed E-state index contributed by atoms with van der Waals surface area (Å²) in [4.78, 5) is 17.2. The summed E-state index contributed by atoms with van der Waals surface area (Å²) >= 11 is 0. The lowest BCUT2D eigenvalue weighted by molar-refractivity contribution is 0.102. The van der Waals surface area contributed by atoms with Crippen LogP contribution in [0.25, 0.3) is 11.5 Å². The molecule has 0 fully saturated rings. The number of nitrogens with zero attached hydrogens (tertiary/aromatic N) is 4. The molecule has 7 heteroatoms. The van der Waals surface area contributed by atoms with E-state index >= 15 is 0 Å². The van der Waals surface area contributed by atoms with Gasteiger partial charge in [0, 0.05) is 6.04 Å². The van der Waals surface area contributed by atoms with Crippen LogP contribution in [0.2, 0.25) is 0 Å². The molecule has 1 amide bonds. The van der Waals surface area contributed by atoms with Crippen molar-refractivity contribution < 1.29 is 9.53 Å². The van der Waals surface area contributed by atoms with Crippen molar-refractivity contribution in [1.82, 2.24) is 19.7 Å². The molecule has 1 unspecified atom stereocenters. The quantitative estimate of drug-likeness (QED) is 0.673. The minimum absolute atomic E-state index is 0.210. The molecule has 7 nitrogen and oxygen atoms in total. The fourth-order valence-corrected chi connectivity index (χ4v) is 3.04. The highest BCUT2D eigenvalue weighted by atomic mass is 16.5. The van der Waals surface area contributed by atoms with Crippen molar-refractivity contribution in [2.24, 2.45) is 0 Å². The second-order valence-corrected chi connectivity index (χ2v) is 6.26. The molecule has 2 aromatic heterocycles. The van der Waals surface area contributed by atoms with Gasteiger partial charge in [0.15, 0.2) is 5.82 Å². The fourth-order valence-electron chi connectivity index (χ4n) is 3.04. The van der Waals surface area contributed by atoms with Gasteiger partial charge in [-0.3, -0.25) is 4.79 Å². The Labute approximate surface area is 151 Å². The van der Waals surface area contributed by atoms with Gasteiger partial charge in [-0.25, -0.2) is 4.98 Å². The third kappa shape index (κ3) is 3.15. The van der Waals surface area contributed by atoms with Gasteiger partial charge in [0.25, 0.3) is 5.91 Å². The van der Waals surface area contributed by atoms with Gasteiger partial charge in [0.05, 0.1) is 12.2 Å². The fraction of sp³-hybridized carbons (Fsp3) is 0.263. The molecule has 0 aliphatic carbocycles. The lowest BCUT2D eigenvalue weighted by Crippen LogP contribution is -2.16. The van der Waals surface area contributed by atoms with Gasteiger partial charge >= 0.3 is 0 Å². The predicted molar refractivity (Wildman–Crippen MR) is 97.1 cm³/mol. The van der Waals surface area contributed by atoms with Crippen LogP contribution >= 0.6 is 0 Å². The molecule has 1 N–H and O–H groups in total. The van der Waals surface area contributed by atoms with Crippen molar-refractivity contribution in [3.8, 4) is 17.3 Å². The predicted octanol–water partition coefficient (Wildman–Crippen LogP) is 3.33. The number of carbonyl (C=O) groups is 1. The molecular formula is C19H19N5O2. The molecule has 2 bridgehead atoms. The van der Waals surface area contributed by atoms with E-state index in [9.17, 15) is 4.79 Å². The summed E-state index contributed by atoms with van der Waals surface area (Å²) in [6.07, 6.45) is 3.47. The molecule has 4 rings (SSSR count). The van der Waals surface area contributed by atoms with E-state index in [0.717, 1.165) is 12.8 Å². The number of amides is 1. The van der Waals surface area contributed by atoms with Crippen molar-refractivity contribution >= 4 is 11.7 Å². The van der Waals surface area contributed by atoms with Crippen LogP contribution < -0.4 is 10.1 Å². The smallest absolute Gasteiger partial charge is 0.260 e. The normalized spacial score (nSPS) is 17.3. The Kier molecular flexibility index (Phi) is 4.35. The number of hydrogen-bond acceptors (Lipinski definition) is 5. The molecule has 0 saturated heterocycles. The summed E-state index contributed by atoms with van der Waals surface area (Å²) in [5.74, 6) is 1.47. The number of nitrogens with one attached hydrogen (secondary N) is 1. The monoisotopic (exact) mass is 349 g/mol. The first kappa shape index (κ1) is 16.3. The summed E-state index contributed by atoms with van der Waals surface area (Å²) in [5.41, 5.74) is 1.17. The zero-order chi connectivity index (χ0) is 17.9. The van der Waals surface area contributed by atoms with Crippen LogP contribution in [0.3, 0.4) is 0 Å². The Morgan fingerprint density at radius 2 is 2.08 bits per heavy atom. The summed E-state index contributed by atoms with van der Waals surface area (Å²) in [7, 11) is 0. The largest absolute Gasteiger partial charge is 0.493 e. The Balaban J connectivity index is 1.76. The lowest BCUT2D eigenvalue weighted by Gasteiger charge is -2.17. The molecule has 132 valence electrons. The number of para-hydroxylation sites is 1. The molecule has 3 heterocycles. The molecule has 0 saturated carbocycles. The van der Waals surface area contributed by atoms with Crippen molar-refractivity contribution in [1.29, 1.82) is 0 Å². The van der Waals surface area contributed by atoms with E-state index in [1.54, 1.807) is 18.5 Å². The van der Waals surface area contributed by atoms with Crippen LogP contribution in [-0.2, 0) is 0 Å². The molecule has 3 aromatic rings. The molecule has 0 radical (unpaired) electrons. The first-order chi connectivity index (χ1) is 12.7. The lowest BCUT2D eigenvalue weighted by atomic mass is 10.1. The van der Waals surface area contributed by atoms with Crippen LogP contribution in [0.5, 0.6) is 5.75 Å². The van der Waals surface area contributed by atoms with Gasteiger partial charge in [-0.05, 0) is 44.0 Å². The first-order valence-electron chi connectivity index (χ1n) is 8.62. The molecule has 1 aromatic carbocycles. The maximum atomic E-state index is 12.7. The molecule has 0 spiro atoms. The number of fused-ring (bicyclic) bond motifs is 5. The molecule has 26 heavy (non-hydrogen) atoms. The van der Waals surface area contributed by atoms with Crippen LogP contribution in [-0.4, -0.2) is 32.3 Å². The number of hydrogen-bond donors (Lipinski definition) is 1. The Hall–Kier alpha value is -3.22. The topological polar surface area (TPSA) is 81.9 Å². The van der Waals surface area contributed by atoms with Crippen LogP contribution in [0.4, 0.5) is 5.82 Å². The molecule has 1 aliphatic rings. The number of carbonyl (C=O) groups excluding carboxylic acids is 1. The van der Waals surface area contributed by atoms with Crippen LogP contribution in [0, 0.1) is 0 Å². The highest BCUT2D eigenvalue weighted by Gasteiger charge is 2.17. The highest BCUT2D eigenvalue weighted by Crippen LogP contribution is 2.25. The van der Waals surface area contributed by atoms with Gasteiger partial charge in [0.1, 0.15) is 23.6 Å². The third-order valence-corrected chi connectivity index (χ3v) is 4.42. The van der Waals surface area contributed by atoms with Gasteiger partial charge in [0.2, 0.25) is 0 Å². The average molecular weight is 349 g/mol. The number of pyridine rings is 1. The number of anilines is 1. The third-order valence-electron chi connectivity index (χ3n) is 4.42. The number of aromatic nitrogens is 4. The Morgan fingerprint density at radius 3 is 3.00 bits per heavy atom. The van der Waals surface area contributed by atoms with Gasteiger partial charge < -0.3 is 14.6 Å². The number of rotatable bonds is 0. The van der Waals surface area contributed by atoms with Crippen molar-refractivity contribution in [3.05, 3.63) is 54.4 Å². The summed E-state index contributed by atoms with van der Waals surface area (Å²) in [6, 6.07) is 12.9. The van der Waals surface area contributed by atoms with E-state index in [-0.39, 0.29) is 11.9 Å². The van der Waals surface area contributed by atoms with Crippen molar-refractivity contribution in [2.75, 3.05) is 11.9 Å². The SMILES string of the molecule is CC1CCCOc2ccccc2C(=O)Nc2cccc(n2)-c2nncn21. The van der Waals surface area contributed by atoms with E-state index in [0.29, 0.717) is 35.3 Å². The minimum atomic E-state index is -0.253. The zero-order valence-electron chi connectivity index (χ0n) is 14.4. The average Bonchev–Trinajstić information content (AvgIpc) is 3.15. The second-order valence-electron chi connectivity index (χ2n) is 6.26. The summed E-state index contributed by atoms with van der Waals surface area (Å²) in [6.45, 7) is 2.66. The van der Waals surface area contributed by atoms with E-state index in [1.165, 1.54) is 0 Å². The standard InChI is InChI=1S/C19H19N5O2/c1-13-6-5-11-26-16-9-3-2-7-14(16)19(25)22-17-10-4-8-15(21-17)18-23-20-12-24(13)18/h2-4,7-10,12-13H,5-6,11H2,1H3,(H,21,22,25). The van der Waals surface area contributed by atoms with E-state index in [4.69, 9.17) is 4.74 Å². The zero-order valence-corrected chi connectivity index (χ0v) is 14.4. The van der Waals surface area contributed by atoms with Crippen molar-refractivity contribution in [3.63, 3.8) is 0 Å². The van der Waals surface area contributed by atoms with Gasteiger partial charge in [-0.1, -0.05) is 18.2 Å². The molecule has 1 atom stereocenters. The Morgan fingerprint density at radius 1 is 1.19 bits per heavy atom. The summed E-state index contributed by atoms with van der Waals surface area (Å²) < 4.78 is 7.86.